The van der Waals surface area contributed by atoms with Crippen LogP contribution in [0.3, 0.4) is 0 Å². The van der Waals surface area contributed by atoms with Crippen LogP contribution in [0.5, 0.6) is 5.75 Å². The summed E-state index contributed by atoms with van der Waals surface area (Å²) in [6.45, 7) is 3.01. The van der Waals surface area contributed by atoms with Gasteiger partial charge in [0, 0.05) is 44.0 Å². The molecular formula is C20H25FN6O. The van der Waals surface area contributed by atoms with Crippen LogP contribution in [-0.2, 0) is 20.1 Å². The maximum absolute atomic E-state index is 14.2. The summed E-state index contributed by atoms with van der Waals surface area (Å²) in [5, 5.41) is 8.85. The Labute approximate surface area is 163 Å². The van der Waals surface area contributed by atoms with E-state index in [9.17, 15) is 4.39 Å². The van der Waals surface area contributed by atoms with E-state index in [1.165, 1.54) is 6.07 Å². The molecular weight excluding hydrogens is 359 g/mol. The Morgan fingerprint density at radius 2 is 2.14 bits per heavy atom. The first-order valence-electron chi connectivity index (χ1n) is 9.52. The first-order chi connectivity index (χ1) is 13.6. The summed E-state index contributed by atoms with van der Waals surface area (Å²) in [4.78, 5) is 6.36. The quantitative estimate of drug-likeness (QED) is 0.654. The molecule has 0 aliphatic carbocycles. The normalized spacial score (nSPS) is 17.8. The second kappa shape index (κ2) is 8.10. The van der Waals surface area contributed by atoms with E-state index in [0.717, 1.165) is 37.6 Å². The minimum absolute atomic E-state index is 0.191. The minimum Gasteiger partial charge on any atom is -0.497 e. The topological polar surface area (TPSA) is 61.0 Å². The number of methoxy groups -OCH3 is 1. The van der Waals surface area contributed by atoms with Crippen molar-refractivity contribution < 1.29 is 9.13 Å². The van der Waals surface area contributed by atoms with Gasteiger partial charge in [-0.05, 0) is 37.6 Å². The van der Waals surface area contributed by atoms with Gasteiger partial charge >= 0.3 is 0 Å². The van der Waals surface area contributed by atoms with Gasteiger partial charge in [0.05, 0.1) is 20.0 Å². The van der Waals surface area contributed by atoms with Crippen molar-refractivity contribution >= 4 is 0 Å². The summed E-state index contributed by atoms with van der Waals surface area (Å²) in [6, 6.07) is 4.91. The molecule has 8 heteroatoms. The molecule has 1 aliphatic heterocycles. The summed E-state index contributed by atoms with van der Waals surface area (Å²) in [7, 11) is 3.62. The highest BCUT2D eigenvalue weighted by atomic mass is 19.1. The fourth-order valence-corrected chi connectivity index (χ4v) is 3.86. The summed E-state index contributed by atoms with van der Waals surface area (Å²) in [5.41, 5.74) is 0.666. The molecule has 0 N–H and O–H groups in total. The van der Waals surface area contributed by atoms with E-state index >= 15 is 0 Å². The summed E-state index contributed by atoms with van der Waals surface area (Å²) in [5.74, 6) is 2.68. The number of rotatable bonds is 6. The minimum atomic E-state index is -0.191. The van der Waals surface area contributed by atoms with E-state index < -0.39 is 0 Å². The average molecular weight is 384 g/mol. The number of likely N-dealkylation sites (tertiary alicyclic amines) is 1. The predicted octanol–water partition coefficient (Wildman–Crippen LogP) is 2.59. The lowest BCUT2D eigenvalue weighted by molar-refractivity contribution is 0.192. The van der Waals surface area contributed by atoms with Crippen molar-refractivity contribution in [1.29, 1.82) is 0 Å². The summed E-state index contributed by atoms with van der Waals surface area (Å²) >= 11 is 0. The van der Waals surface area contributed by atoms with Gasteiger partial charge in [0.25, 0.3) is 0 Å². The fraction of sp³-hybridized carbons (Fsp3) is 0.450. The van der Waals surface area contributed by atoms with E-state index in [4.69, 9.17) is 4.74 Å². The molecule has 0 bridgehead atoms. The number of aromatic nitrogens is 5. The molecule has 1 fully saturated rings. The van der Waals surface area contributed by atoms with E-state index in [1.807, 2.05) is 17.8 Å². The van der Waals surface area contributed by atoms with Gasteiger partial charge in [-0.1, -0.05) is 0 Å². The zero-order valence-corrected chi connectivity index (χ0v) is 16.3. The molecule has 1 unspecified atom stereocenters. The predicted molar refractivity (Wildman–Crippen MR) is 103 cm³/mol. The van der Waals surface area contributed by atoms with E-state index in [2.05, 4.69) is 24.6 Å². The summed E-state index contributed by atoms with van der Waals surface area (Å²) in [6.07, 6.45) is 7.57. The van der Waals surface area contributed by atoms with Crippen molar-refractivity contribution in [3.05, 3.63) is 59.9 Å². The van der Waals surface area contributed by atoms with Crippen LogP contribution in [0.1, 0.15) is 36.0 Å². The molecule has 0 amide bonds. The van der Waals surface area contributed by atoms with Crippen molar-refractivity contribution in [2.45, 2.75) is 31.8 Å². The van der Waals surface area contributed by atoms with Crippen molar-refractivity contribution in [2.24, 2.45) is 7.05 Å². The highest BCUT2D eigenvalue weighted by Crippen LogP contribution is 2.28. The van der Waals surface area contributed by atoms with Crippen molar-refractivity contribution in [2.75, 3.05) is 20.2 Å². The monoisotopic (exact) mass is 384 g/mol. The van der Waals surface area contributed by atoms with Crippen molar-refractivity contribution in [3.8, 4) is 5.75 Å². The molecule has 3 aromatic rings. The van der Waals surface area contributed by atoms with E-state index in [1.54, 1.807) is 31.8 Å². The lowest BCUT2D eigenvalue weighted by atomic mass is 9.96. The Kier molecular flexibility index (Phi) is 5.38. The second-order valence-electron chi connectivity index (χ2n) is 7.30. The van der Waals surface area contributed by atoms with Gasteiger partial charge in [-0.3, -0.25) is 4.90 Å². The molecule has 148 valence electrons. The summed E-state index contributed by atoms with van der Waals surface area (Å²) < 4.78 is 23.5. The third-order valence-corrected chi connectivity index (χ3v) is 5.40. The number of piperidine rings is 1. The molecule has 1 atom stereocenters. The number of ether oxygens (including phenoxy) is 1. The Balaban J connectivity index is 1.46. The third kappa shape index (κ3) is 3.91. The molecule has 4 rings (SSSR count). The fourth-order valence-electron chi connectivity index (χ4n) is 3.86. The smallest absolute Gasteiger partial charge is 0.152 e. The van der Waals surface area contributed by atoms with Crippen molar-refractivity contribution in [3.63, 3.8) is 0 Å². The Hall–Kier alpha value is -2.74. The van der Waals surface area contributed by atoms with Crippen LogP contribution in [0.4, 0.5) is 4.39 Å². The van der Waals surface area contributed by atoms with Crippen LogP contribution < -0.4 is 4.74 Å². The highest BCUT2D eigenvalue weighted by Gasteiger charge is 2.26. The van der Waals surface area contributed by atoms with E-state index in [0.29, 0.717) is 24.4 Å². The molecule has 1 aliphatic rings. The molecule has 0 spiro atoms. The van der Waals surface area contributed by atoms with Gasteiger partial charge < -0.3 is 13.9 Å². The molecule has 3 heterocycles. The Morgan fingerprint density at radius 1 is 1.25 bits per heavy atom. The standard InChI is InChI=1S/C20H25FN6O/c1-25-19(13-27-9-7-22-14-27)23-24-20(25)15-4-3-8-26(11-15)12-16-10-17(28-2)5-6-18(16)21/h5-7,9-10,14-15H,3-4,8,11-13H2,1-2H3. The van der Waals surface area contributed by atoms with Crippen LogP contribution in [0, 0.1) is 5.82 Å². The van der Waals surface area contributed by atoms with Crippen LogP contribution in [0.2, 0.25) is 0 Å². The van der Waals surface area contributed by atoms with Gasteiger partial charge in [0.2, 0.25) is 0 Å². The molecule has 1 saturated heterocycles. The van der Waals surface area contributed by atoms with Gasteiger partial charge in [-0.15, -0.1) is 10.2 Å². The number of imidazole rings is 1. The SMILES string of the molecule is COc1ccc(F)c(CN2CCCC(c3nnc(Cn4ccnc4)n3C)C2)c1. The lowest BCUT2D eigenvalue weighted by Gasteiger charge is -2.32. The molecule has 7 nitrogen and oxygen atoms in total. The van der Waals surface area contributed by atoms with Gasteiger partial charge in [-0.25, -0.2) is 9.37 Å². The molecule has 0 radical (unpaired) electrons. The largest absolute Gasteiger partial charge is 0.497 e. The number of halogens is 1. The third-order valence-electron chi connectivity index (χ3n) is 5.40. The number of hydrogen-bond acceptors (Lipinski definition) is 5. The van der Waals surface area contributed by atoms with E-state index in [-0.39, 0.29) is 11.7 Å². The maximum atomic E-state index is 14.2. The van der Waals surface area contributed by atoms with Crippen LogP contribution in [-0.4, -0.2) is 49.4 Å². The van der Waals surface area contributed by atoms with Crippen LogP contribution in [0.25, 0.3) is 0 Å². The van der Waals surface area contributed by atoms with Crippen LogP contribution in [0.15, 0.2) is 36.9 Å². The number of nitrogens with zero attached hydrogens (tertiary/aromatic N) is 6. The number of benzene rings is 1. The molecule has 0 saturated carbocycles. The average Bonchev–Trinajstić information content (AvgIpc) is 3.34. The zero-order chi connectivity index (χ0) is 19.5. The molecule has 2 aromatic heterocycles. The first kappa shape index (κ1) is 18.6. The molecule has 1 aromatic carbocycles. The van der Waals surface area contributed by atoms with Gasteiger partial charge in [0.15, 0.2) is 5.82 Å². The Bertz CT molecular complexity index is 923. The highest BCUT2D eigenvalue weighted by molar-refractivity contribution is 5.29. The lowest BCUT2D eigenvalue weighted by Crippen LogP contribution is -2.35. The van der Waals surface area contributed by atoms with Crippen molar-refractivity contribution in [1.82, 2.24) is 29.2 Å². The first-order valence-corrected chi connectivity index (χ1v) is 9.52. The second-order valence-corrected chi connectivity index (χ2v) is 7.30. The number of hydrogen-bond donors (Lipinski definition) is 0. The van der Waals surface area contributed by atoms with Gasteiger partial charge in [-0.2, -0.15) is 0 Å². The molecule has 28 heavy (non-hydrogen) atoms. The Morgan fingerprint density at radius 3 is 2.93 bits per heavy atom. The van der Waals surface area contributed by atoms with Gasteiger partial charge in [0.1, 0.15) is 17.4 Å². The van der Waals surface area contributed by atoms with Crippen LogP contribution >= 0.6 is 0 Å². The maximum Gasteiger partial charge on any atom is 0.152 e. The zero-order valence-electron chi connectivity index (χ0n) is 16.3.